The average Bonchev–Trinajstić information content (AvgIpc) is 3.33. The van der Waals surface area contributed by atoms with Crippen molar-refractivity contribution in [3.05, 3.63) is 94.5 Å². The summed E-state index contributed by atoms with van der Waals surface area (Å²) in [6.45, 7) is 5.43. The number of thioether (sulfide) groups is 1. The molecule has 1 aliphatic rings. The van der Waals surface area contributed by atoms with E-state index in [2.05, 4.69) is 109 Å². The quantitative estimate of drug-likeness (QED) is 0.345. The minimum absolute atomic E-state index is 0.987. The Bertz CT molecular complexity index is 1110. The maximum absolute atomic E-state index is 3.43. The van der Waals surface area contributed by atoms with Gasteiger partial charge in [0.2, 0.25) is 5.52 Å². The zero-order valence-electron chi connectivity index (χ0n) is 16.8. The maximum atomic E-state index is 3.43. The predicted molar refractivity (Wildman–Crippen MR) is 128 cm³/mol. The molecule has 0 spiro atoms. The van der Waals surface area contributed by atoms with Crippen LogP contribution in [0.25, 0.3) is 16.3 Å². The van der Waals surface area contributed by atoms with Gasteiger partial charge < -0.3 is 5.32 Å². The summed E-state index contributed by atoms with van der Waals surface area (Å²) < 4.78 is 3.79. The Hall–Kier alpha value is -2.56. The number of hydrogen-bond donors (Lipinski definition) is 1. The summed E-state index contributed by atoms with van der Waals surface area (Å²) >= 11 is 3.63. The van der Waals surface area contributed by atoms with Gasteiger partial charge in [-0.15, -0.1) is 0 Å². The Kier molecular flexibility index (Phi) is 6.33. The fraction of sp³-hybridized carbons (Fsp3) is 0.160. The molecule has 0 amide bonds. The van der Waals surface area contributed by atoms with E-state index in [0.717, 1.165) is 18.0 Å². The Morgan fingerprint density at radius 3 is 2.59 bits per heavy atom. The highest BCUT2D eigenvalue weighted by atomic mass is 32.2. The number of benzene rings is 2. The smallest absolute Gasteiger partial charge is 0.262 e. The molecule has 1 aliphatic heterocycles. The number of thiazole rings is 1. The van der Waals surface area contributed by atoms with Crippen LogP contribution >= 0.6 is 23.1 Å². The number of nitrogens with zero attached hydrogens (tertiary/aromatic N) is 1. The number of hydrogen-bond acceptors (Lipinski definition) is 3. The van der Waals surface area contributed by atoms with Gasteiger partial charge in [-0.1, -0.05) is 84.7 Å². The van der Waals surface area contributed by atoms with Crippen LogP contribution < -0.4 is 9.88 Å². The van der Waals surface area contributed by atoms with Gasteiger partial charge in [0.25, 0.3) is 5.01 Å². The number of aryl methyl sites for hydroxylation is 2. The Morgan fingerprint density at radius 2 is 1.76 bits per heavy atom. The van der Waals surface area contributed by atoms with E-state index in [4.69, 9.17) is 0 Å². The first-order valence-electron chi connectivity index (χ1n) is 10.00. The molecule has 2 aromatic carbocycles. The molecule has 0 radical (unpaired) electrons. The van der Waals surface area contributed by atoms with Crippen LogP contribution in [0.4, 0.5) is 5.69 Å². The number of rotatable bonds is 6. The van der Waals surface area contributed by atoms with E-state index in [0.29, 0.717) is 0 Å². The summed E-state index contributed by atoms with van der Waals surface area (Å²) in [5, 5.41) is 5.88. The van der Waals surface area contributed by atoms with E-state index in [1.807, 2.05) is 11.3 Å². The van der Waals surface area contributed by atoms with Crippen LogP contribution in [-0.4, -0.2) is 0 Å². The van der Waals surface area contributed by atoms with Gasteiger partial charge in [-0.3, -0.25) is 0 Å². The Balaban J connectivity index is 1.41. The van der Waals surface area contributed by atoms with Crippen molar-refractivity contribution < 1.29 is 4.57 Å². The molecule has 0 saturated carbocycles. The average molecular weight is 418 g/mol. The molecule has 4 rings (SSSR count). The largest absolute Gasteiger partial charge is 0.349 e. The third-order valence-corrected chi connectivity index (χ3v) is 6.97. The van der Waals surface area contributed by atoms with Crippen molar-refractivity contribution in [3.63, 3.8) is 0 Å². The van der Waals surface area contributed by atoms with Crippen LogP contribution in [0.5, 0.6) is 0 Å². The summed E-state index contributed by atoms with van der Waals surface area (Å²) in [6, 6.07) is 15.0. The van der Waals surface area contributed by atoms with Gasteiger partial charge in [-0.2, -0.15) is 4.57 Å². The monoisotopic (exact) mass is 417 g/mol. The lowest BCUT2D eigenvalue weighted by atomic mass is 10.1. The molecule has 2 heterocycles. The second-order valence-electron chi connectivity index (χ2n) is 6.69. The first-order chi connectivity index (χ1) is 14.3. The summed E-state index contributed by atoms with van der Waals surface area (Å²) in [7, 11) is 0. The van der Waals surface area contributed by atoms with Crippen molar-refractivity contribution in [1.29, 1.82) is 0 Å². The lowest BCUT2D eigenvalue weighted by Crippen LogP contribution is -2.34. The van der Waals surface area contributed by atoms with Crippen LogP contribution in [0.3, 0.4) is 0 Å². The van der Waals surface area contributed by atoms with Crippen molar-refractivity contribution in [1.82, 2.24) is 0 Å². The fourth-order valence-electron chi connectivity index (χ4n) is 3.44. The van der Waals surface area contributed by atoms with Crippen LogP contribution in [0.15, 0.2) is 88.8 Å². The highest BCUT2D eigenvalue weighted by Gasteiger charge is 2.19. The fourth-order valence-corrected chi connectivity index (χ4v) is 5.55. The van der Waals surface area contributed by atoms with Gasteiger partial charge in [-0.05, 0) is 37.6 Å². The number of para-hydroxylation sites is 2. The normalized spacial score (nSPS) is 15.3. The SMILES string of the molecule is CCc1cccc2sc(C=CC=CC=CC=C3Nc4ccccc4S3)[n+](CC)c12. The molecule has 146 valence electrons. The summed E-state index contributed by atoms with van der Waals surface area (Å²) in [4.78, 5) is 1.28. The zero-order valence-corrected chi connectivity index (χ0v) is 18.4. The molecule has 4 heteroatoms. The van der Waals surface area contributed by atoms with Crippen molar-refractivity contribution in [2.75, 3.05) is 5.32 Å². The molecule has 1 aromatic heterocycles. The molecule has 29 heavy (non-hydrogen) atoms. The second kappa shape index (κ2) is 9.29. The number of allylic oxidation sites excluding steroid dienone is 6. The molecule has 0 aliphatic carbocycles. The molecular weight excluding hydrogens is 392 g/mol. The van der Waals surface area contributed by atoms with Gasteiger partial charge in [0, 0.05) is 16.5 Å². The maximum Gasteiger partial charge on any atom is 0.262 e. The predicted octanol–water partition coefficient (Wildman–Crippen LogP) is 6.96. The van der Waals surface area contributed by atoms with Crippen LogP contribution in [0.2, 0.25) is 0 Å². The van der Waals surface area contributed by atoms with Gasteiger partial charge in [0.1, 0.15) is 11.2 Å². The molecule has 1 N–H and O–H groups in total. The molecular formula is C25H25N2S2+. The first-order valence-corrected chi connectivity index (χ1v) is 11.6. The molecule has 0 atom stereocenters. The highest BCUT2D eigenvalue weighted by Crippen LogP contribution is 2.40. The van der Waals surface area contributed by atoms with Crippen molar-refractivity contribution >= 4 is 45.1 Å². The van der Waals surface area contributed by atoms with Crippen molar-refractivity contribution in [2.45, 2.75) is 31.7 Å². The van der Waals surface area contributed by atoms with Crippen LogP contribution in [0, 0.1) is 0 Å². The van der Waals surface area contributed by atoms with Gasteiger partial charge in [0.05, 0.1) is 10.7 Å². The standard InChI is InChI=1S/C25H24N2S2/c1-3-19-13-12-16-22-25(19)27(4-2)24(29-22)18-9-7-5-6-8-17-23-26-20-14-10-11-15-21(20)28-23/h5-18H,3-4H2,1-2H3/p+1. The summed E-state index contributed by atoms with van der Waals surface area (Å²) in [5.41, 5.74) is 4.00. The third kappa shape index (κ3) is 4.39. The number of aromatic nitrogens is 1. The minimum Gasteiger partial charge on any atom is -0.349 e. The lowest BCUT2D eigenvalue weighted by molar-refractivity contribution is -0.665. The van der Waals surface area contributed by atoms with Gasteiger partial charge >= 0.3 is 0 Å². The molecule has 0 unspecified atom stereocenters. The summed E-state index contributed by atoms with van der Waals surface area (Å²) in [6.07, 6.45) is 15.8. The summed E-state index contributed by atoms with van der Waals surface area (Å²) in [5.74, 6) is 0. The third-order valence-electron chi connectivity index (χ3n) is 4.83. The molecule has 3 aromatic rings. The lowest BCUT2D eigenvalue weighted by Gasteiger charge is -1.97. The Labute approximate surface area is 181 Å². The number of fused-ring (bicyclic) bond motifs is 2. The van der Waals surface area contributed by atoms with E-state index >= 15 is 0 Å². The first kappa shape index (κ1) is 19.7. The van der Waals surface area contributed by atoms with Crippen LogP contribution in [0.1, 0.15) is 24.4 Å². The van der Waals surface area contributed by atoms with E-state index in [1.54, 1.807) is 11.8 Å². The molecule has 0 bridgehead atoms. The van der Waals surface area contributed by atoms with E-state index in [-0.39, 0.29) is 0 Å². The second-order valence-corrected chi connectivity index (χ2v) is 8.83. The van der Waals surface area contributed by atoms with Crippen molar-refractivity contribution in [2.24, 2.45) is 0 Å². The topological polar surface area (TPSA) is 15.9 Å². The van der Waals surface area contributed by atoms with Crippen LogP contribution in [-0.2, 0) is 13.0 Å². The molecule has 2 nitrogen and oxygen atoms in total. The van der Waals surface area contributed by atoms with Crippen molar-refractivity contribution in [3.8, 4) is 0 Å². The van der Waals surface area contributed by atoms with Gasteiger partial charge in [-0.25, -0.2) is 0 Å². The van der Waals surface area contributed by atoms with E-state index in [1.165, 1.54) is 31.4 Å². The Morgan fingerprint density at radius 1 is 0.931 bits per heavy atom. The number of anilines is 1. The van der Waals surface area contributed by atoms with E-state index < -0.39 is 0 Å². The molecule has 0 saturated heterocycles. The zero-order chi connectivity index (χ0) is 20.1. The minimum atomic E-state index is 0.987. The van der Waals surface area contributed by atoms with E-state index in [9.17, 15) is 0 Å². The highest BCUT2D eigenvalue weighted by molar-refractivity contribution is 8.03. The van der Waals surface area contributed by atoms with Gasteiger partial charge in [0.15, 0.2) is 0 Å². The molecule has 0 fully saturated rings. The number of nitrogens with one attached hydrogen (secondary N) is 1.